The molecule has 2 fully saturated rings. The van der Waals surface area contributed by atoms with E-state index >= 15 is 0 Å². The molecule has 0 bridgehead atoms. The van der Waals surface area contributed by atoms with Crippen LogP contribution >= 0.6 is 0 Å². The van der Waals surface area contributed by atoms with Crippen LogP contribution in [0.15, 0.2) is 30.5 Å². The number of hydrogen-bond donors (Lipinski definition) is 2. The van der Waals surface area contributed by atoms with Crippen LogP contribution in [0.3, 0.4) is 0 Å². The number of benzene rings is 1. The predicted octanol–water partition coefficient (Wildman–Crippen LogP) is 4.21. The van der Waals surface area contributed by atoms with Gasteiger partial charge in [-0.05, 0) is 36.6 Å². The van der Waals surface area contributed by atoms with Crippen molar-refractivity contribution in [2.45, 2.75) is 37.4 Å². The molecule has 1 aliphatic carbocycles. The van der Waals surface area contributed by atoms with E-state index in [4.69, 9.17) is 0 Å². The summed E-state index contributed by atoms with van der Waals surface area (Å²) in [5, 5.41) is 14.9. The number of rotatable bonds is 4. The van der Waals surface area contributed by atoms with Gasteiger partial charge in [0.1, 0.15) is 6.07 Å². The zero-order valence-electron chi connectivity index (χ0n) is 17.5. The molecule has 4 rings (SSSR count). The minimum atomic E-state index is -4.47. The topological polar surface area (TPSA) is 81.0 Å². The SMILES string of the molecule is N#Cc1ccc(N2C[C@H](NC(=O)NCC3CC(F)(F)C3)C[C@H](C(F)(F)F)C2)c2cccnc12. The molecule has 2 amide bonds. The Labute approximate surface area is 186 Å². The highest BCUT2D eigenvalue weighted by Gasteiger charge is 2.46. The van der Waals surface area contributed by atoms with E-state index in [1.54, 1.807) is 23.1 Å². The van der Waals surface area contributed by atoms with Crippen LogP contribution in [0.1, 0.15) is 24.8 Å². The number of amides is 2. The molecule has 0 spiro atoms. The number of nitrogens with zero attached hydrogens (tertiary/aromatic N) is 3. The number of aromatic nitrogens is 1. The number of carbonyl (C=O) groups excluding carboxylic acids is 1. The third-order valence-corrected chi connectivity index (χ3v) is 6.18. The Morgan fingerprint density at radius 3 is 2.67 bits per heavy atom. The summed E-state index contributed by atoms with van der Waals surface area (Å²) >= 11 is 0. The predicted molar refractivity (Wildman–Crippen MR) is 111 cm³/mol. The summed E-state index contributed by atoms with van der Waals surface area (Å²) in [7, 11) is 0. The van der Waals surface area contributed by atoms with Crippen molar-refractivity contribution in [3.8, 4) is 6.07 Å². The van der Waals surface area contributed by atoms with Gasteiger partial charge in [-0.15, -0.1) is 0 Å². The first kappa shape index (κ1) is 23.0. The zero-order chi connectivity index (χ0) is 23.8. The zero-order valence-corrected chi connectivity index (χ0v) is 17.5. The molecule has 2 atom stereocenters. The van der Waals surface area contributed by atoms with Gasteiger partial charge in [0.05, 0.1) is 17.0 Å². The number of anilines is 1. The summed E-state index contributed by atoms with van der Waals surface area (Å²) in [6.45, 7) is -0.125. The summed E-state index contributed by atoms with van der Waals surface area (Å²) in [6, 6.07) is 7.00. The Morgan fingerprint density at radius 1 is 1.24 bits per heavy atom. The van der Waals surface area contributed by atoms with Gasteiger partial charge in [-0.2, -0.15) is 18.4 Å². The lowest BCUT2D eigenvalue weighted by atomic mass is 9.81. The number of carbonyl (C=O) groups is 1. The lowest BCUT2D eigenvalue weighted by Gasteiger charge is -2.40. The molecule has 1 saturated heterocycles. The molecule has 176 valence electrons. The Hall–Kier alpha value is -3.16. The van der Waals surface area contributed by atoms with E-state index in [1.807, 2.05) is 6.07 Å². The third-order valence-electron chi connectivity index (χ3n) is 6.18. The molecule has 1 aliphatic heterocycles. The first-order valence-electron chi connectivity index (χ1n) is 10.6. The maximum Gasteiger partial charge on any atom is 0.393 e. The minimum absolute atomic E-state index is 0.0481. The van der Waals surface area contributed by atoms with E-state index in [9.17, 15) is 32.0 Å². The number of halogens is 5. The van der Waals surface area contributed by atoms with Gasteiger partial charge in [-0.3, -0.25) is 4.98 Å². The van der Waals surface area contributed by atoms with Crippen LogP contribution in [0.2, 0.25) is 0 Å². The number of nitrogens with one attached hydrogen (secondary N) is 2. The van der Waals surface area contributed by atoms with Gasteiger partial charge in [0.25, 0.3) is 0 Å². The number of pyridine rings is 1. The molecule has 2 N–H and O–H groups in total. The fourth-order valence-electron chi connectivity index (χ4n) is 4.56. The van der Waals surface area contributed by atoms with Crippen molar-refractivity contribution in [2.75, 3.05) is 24.5 Å². The van der Waals surface area contributed by atoms with E-state index in [0.29, 0.717) is 22.2 Å². The summed E-state index contributed by atoms with van der Waals surface area (Å²) in [6.07, 6.45) is -3.86. The molecular formula is C22H22F5N5O. The van der Waals surface area contributed by atoms with Gasteiger partial charge in [0.2, 0.25) is 5.92 Å². The smallest absolute Gasteiger partial charge is 0.368 e. The van der Waals surface area contributed by atoms with Crippen LogP contribution in [0, 0.1) is 23.2 Å². The summed E-state index contributed by atoms with van der Waals surface area (Å²) in [4.78, 5) is 18.0. The lowest BCUT2D eigenvalue weighted by molar-refractivity contribution is -0.177. The van der Waals surface area contributed by atoms with E-state index < -0.39 is 30.1 Å². The van der Waals surface area contributed by atoms with Gasteiger partial charge >= 0.3 is 12.2 Å². The normalized spacial score (nSPS) is 23.0. The Bertz CT molecular complexity index is 1080. The second-order valence-electron chi connectivity index (χ2n) is 8.70. The molecule has 2 heterocycles. The Morgan fingerprint density at radius 2 is 2.00 bits per heavy atom. The molecule has 1 aromatic heterocycles. The first-order chi connectivity index (χ1) is 15.6. The summed E-state index contributed by atoms with van der Waals surface area (Å²) in [5.74, 6) is -4.72. The van der Waals surface area contributed by atoms with Crippen LogP contribution in [0.5, 0.6) is 0 Å². The van der Waals surface area contributed by atoms with Crippen LogP contribution in [-0.2, 0) is 0 Å². The van der Waals surface area contributed by atoms with E-state index in [0.717, 1.165) is 0 Å². The number of nitriles is 1. The van der Waals surface area contributed by atoms with Gasteiger partial charge in [0.15, 0.2) is 0 Å². The minimum Gasteiger partial charge on any atom is -0.368 e. The molecule has 1 saturated carbocycles. The van der Waals surface area contributed by atoms with Gasteiger partial charge in [0, 0.05) is 55.8 Å². The van der Waals surface area contributed by atoms with E-state index in [-0.39, 0.29) is 44.8 Å². The van der Waals surface area contributed by atoms with Crippen LogP contribution in [0.4, 0.5) is 32.4 Å². The number of alkyl halides is 5. The maximum atomic E-state index is 13.7. The molecule has 2 aliphatic rings. The van der Waals surface area contributed by atoms with Crippen molar-refractivity contribution < 1.29 is 26.7 Å². The Kier molecular flexibility index (Phi) is 6.03. The number of urea groups is 1. The standard InChI is InChI=1S/C22H22F5N5O/c23-21(24)7-13(8-21)10-30-20(33)31-16-6-15(22(25,26)27)11-32(12-16)18-4-3-14(9-28)19-17(18)2-1-5-29-19/h1-5,13,15-16H,6-8,10-12H2,(H2,30,31,33)/t15-,16+/m0/s1. The number of piperidine rings is 1. The van der Waals surface area contributed by atoms with Crippen LogP contribution in [0.25, 0.3) is 10.9 Å². The lowest BCUT2D eigenvalue weighted by Crippen LogP contribution is -2.56. The molecule has 6 nitrogen and oxygen atoms in total. The van der Waals surface area contributed by atoms with Crippen LogP contribution in [-0.4, -0.2) is 48.8 Å². The molecule has 1 aromatic carbocycles. The van der Waals surface area contributed by atoms with Crippen molar-refractivity contribution in [3.05, 3.63) is 36.0 Å². The highest BCUT2D eigenvalue weighted by molar-refractivity contribution is 5.95. The molecule has 2 aromatic rings. The van der Waals surface area contributed by atoms with Crippen molar-refractivity contribution >= 4 is 22.6 Å². The molecular weight excluding hydrogens is 445 g/mol. The van der Waals surface area contributed by atoms with Crippen molar-refractivity contribution in [3.63, 3.8) is 0 Å². The fourth-order valence-corrected chi connectivity index (χ4v) is 4.56. The van der Waals surface area contributed by atoms with Crippen molar-refractivity contribution in [2.24, 2.45) is 11.8 Å². The maximum absolute atomic E-state index is 13.7. The molecule has 0 unspecified atom stereocenters. The molecule has 33 heavy (non-hydrogen) atoms. The van der Waals surface area contributed by atoms with Crippen molar-refractivity contribution in [1.29, 1.82) is 5.26 Å². The van der Waals surface area contributed by atoms with Crippen molar-refractivity contribution in [1.82, 2.24) is 15.6 Å². The number of fused-ring (bicyclic) bond motifs is 1. The summed E-state index contributed by atoms with van der Waals surface area (Å²) in [5.41, 5.74) is 1.20. The monoisotopic (exact) mass is 467 g/mol. The summed E-state index contributed by atoms with van der Waals surface area (Å²) < 4.78 is 66.9. The average Bonchev–Trinajstić information content (AvgIpc) is 2.74. The van der Waals surface area contributed by atoms with Crippen LogP contribution < -0.4 is 15.5 Å². The second kappa shape index (κ2) is 8.65. The molecule has 0 radical (unpaired) electrons. The van der Waals surface area contributed by atoms with Gasteiger partial charge in [-0.25, -0.2) is 13.6 Å². The van der Waals surface area contributed by atoms with E-state index in [1.165, 1.54) is 12.3 Å². The van der Waals surface area contributed by atoms with E-state index in [2.05, 4.69) is 15.6 Å². The fraction of sp³-hybridized carbons (Fsp3) is 0.500. The first-order valence-corrected chi connectivity index (χ1v) is 10.6. The van der Waals surface area contributed by atoms with Gasteiger partial charge < -0.3 is 15.5 Å². The highest BCUT2D eigenvalue weighted by atomic mass is 19.4. The number of hydrogen-bond acceptors (Lipinski definition) is 4. The largest absolute Gasteiger partial charge is 0.393 e. The van der Waals surface area contributed by atoms with Gasteiger partial charge in [-0.1, -0.05) is 0 Å². The Balaban J connectivity index is 1.50. The average molecular weight is 467 g/mol. The quantitative estimate of drug-likeness (QED) is 0.661. The third kappa shape index (κ3) is 5.10. The molecule has 11 heteroatoms. The highest BCUT2D eigenvalue weighted by Crippen LogP contribution is 2.42. The second-order valence-corrected chi connectivity index (χ2v) is 8.70.